The van der Waals surface area contributed by atoms with Crippen molar-refractivity contribution in [2.45, 2.75) is 0 Å². The van der Waals surface area contributed by atoms with E-state index in [1.807, 2.05) is 63.2 Å². The Morgan fingerprint density at radius 2 is 1.80 bits per heavy atom. The molecule has 10 nitrogen and oxygen atoms in total. The van der Waals surface area contributed by atoms with Gasteiger partial charge in [0, 0.05) is 40.0 Å². The molecule has 8 heterocycles. The molecule has 0 radical (unpaired) electrons. The fourth-order valence-electron chi connectivity index (χ4n) is 7.71. The molecule has 0 saturated carbocycles. The van der Waals surface area contributed by atoms with Gasteiger partial charge in [0.15, 0.2) is 16.5 Å². The number of hydrogen-bond acceptors (Lipinski definition) is 6. The molecule has 12 rings (SSSR count). The molecule has 0 amide bonds. The van der Waals surface area contributed by atoms with Crippen LogP contribution in [0.25, 0.3) is 77.0 Å². The third kappa shape index (κ3) is 2.37. The Kier molecular flexibility index (Phi) is 3.48. The van der Waals surface area contributed by atoms with Crippen LogP contribution < -0.4 is 31.0 Å². The maximum absolute atomic E-state index is 6.65. The van der Waals surface area contributed by atoms with E-state index < -0.39 is 0 Å². The molecule has 3 aliphatic rings. The minimum absolute atomic E-state index is 0.843. The maximum atomic E-state index is 6.65. The van der Waals surface area contributed by atoms with Crippen LogP contribution in [0.5, 0.6) is 0 Å². The number of H-pyrrole nitrogens is 1. The van der Waals surface area contributed by atoms with E-state index in [9.17, 15) is 0 Å². The fourth-order valence-corrected chi connectivity index (χ4v) is 7.71. The molecule has 4 N–H and O–H groups in total. The van der Waals surface area contributed by atoms with Crippen LogP contribution in [0.2, 0.25) is 0 Å². The van der Waals surface area contributed by atoms with Gasteiger partial charge in [-0.2, -0.15) is 5.01 Å². The quantitative estimate of drug-likeness (QED) is 0.179. The van der Waals surface area contributed by atoms with E-state index in [1.165, 1.54) is 0 Å². The maximum Gasteiger partial charge on any atom is 0.212 e. The number of fused-ring (bicyclic) bond motifs is 4. The van der Waals surface area contributed by atoms with Crippen LogP contribution in [0.1, 0.15) is 5.56 Å². The molecule has 1 atom stereocenters. The molecule has 0 fully saturated rings. The number of aromatic nitrogens is 4. The highest BCUT2D eigenvalue weighted by Gasteiger charge is 2.33. The van der Waals surface area contributed by atoms with E-state index in [0.29, 0.717) is 0 Å². The Morgan fingerprint density at radius 1 is 0.864 bits per heavy atom. The first-order valence-electron chi connectivity index (χ1n) is 14.5. The van der Waals surface area contributed by atoms with Crippen molar-refractivity contribution < 1.29 is 18.4 Å². The summed E-state index contributed by atoms with van der Waals surface area (Å²) in [6, 6.07) is 21.2. The van der Waals surface area contributed by atoms with Gasteiger partial charge in [-0.3, -0.25) is 0 Å². The molecule has 0 saturated heterocycles. The van der Waals surface area contributed by atoms with Crippen molar-refractivity contribution in [3.63, 3.8) is 0 Å². The first-order valence-corrected chi connectivity index (χ1v) is 14.5. The lowest BCUT2D eigenvalue weighted by atomic mass is 9.94. The van der Waals surface area contributed by atoms with E-state index in [4.69, 9.17) is 13.8 Å². The van der Waals surface area contributed by atoms with E-state index in [1.54, 1.807) is 0 Å². The Morgan fingerprint density at radius 3 is 2.80 bits per heavy atom. The summed E-state index contributed by atoms with van der Waals surface area (Å²) < 4.78 is 17.0. The number of imidazole rings is 1. The van der Waals surface area contributed by atoms with Crippen molar-refractivity contribution in [1.82, 2.24) is 30.6 Å². The molecule has 9 aromatic rings. The Hall–Kier alpha value is -6.10. The van der Waals surface area contributed by atoms with Gasteiger partial charge >= 0.3 is 0 Å². The van der Waals surface area contributed by atoms with Gasteiger partial charge in [-0.15, -0.1) is 9.03 Å². The van der Waals surface area contributed by atoms with Crippen LogP contribution >= 0.6 is 0 Å². The number of quaternary nitrogens is 1. The largest absolute Gasteiger partial charge is 0.452 e. The summed E-state index contributed by atoms with van der Waals surface area (Å²) in [6.07, 6.45) is 12.1. The molecule has 5 aromatic heterocycles. The average molecular weight is 573 g/mol. The zero-order valence-corrected chi connectivity index (χ0v) is 22.8. The monoisotopic (exact) mass is 572 g/mol. The van der Waals surface area contributed by atoms with Crippen LogP contribution in [-0.4, -0.2) is 19.7 Å². The topological polar surface area (TPSA) is 95.2 Å². The summed E-state index contributed by atoms with van der Waals surface area (Å²) in [5.41, 5.74) is 13.2. The van der Waals surface area contributed by atoms with Gasteiger partial charge in [-0.25, -0.2) is 9.99 Å². The van der Waals surface area contributed by atoms with Gasteiger partial charge < -0.3 is 14.2 Å². The van der Waals surface area contributed by atoms with Crippen molar-refractivity contribution in [1.29, 1.82) is 0 Å². The number of furan rings is 2. The van der Waals surface area contributed by atoms with Crippen LogP contribution in [0.4, 0.5) is 5.69 Å². The van der Waals surface area contributed by atoms with E-state index >= 15 is 0 Å². The molecule has 0 aliphatic carbocycles. The van der Waals surface area contributed by atoms with Gasteiger partial charge in [-0.1, -0.05) is 35.0 Å². The molecule has 10 heteroatoms. The molecular weight excluding hydrogens is 552 g/mol. The second-order valence-electron chi connectivity index (χ2n) is 11.7. The lowest BCUT2D eigenvalue weighted by Crippen LogP contribution is -3.12. The smallest absolute Gasteiger partial charge is 0.212 e. The fraction of sp³-hybridized carbons (Fsp3) is 0. The molecule has 0 spiro atoms. The first kappa shape index (κ1) is 21.6. The van der Waals surface area contributed by atoms with Crippen LogP contribution in [-0.2, 0) is 0 Å². The highest BCUT2D eigenvalue weighted by atomic mass is 16.3. The Bertz CT molecular complexity index is 2970. The lowest BCUT2D eigenvalue weighted by molar-refractivity contribution is -0.843. The number of rotatable bonds is 1. The molecule has 1 unspecified atom stereocenters. The zero-order chi connectivity index (χ0) is 28.3. The van der Waals surface area contributed by atoms with Gasteiger partial charge in [0.2, 0.25) is 17.5 Å². The number of nitrogens with one attached hydrogen (secondary N) is 4. The highest BCUT2D eigenvalue weighted by Crippen LogP contribution is 2.42. The van der Waals surface area contributed by atoms with Crippen LogP contribution in [0, 0.1) is 0 Å². The van der Waals surface area contributed by atoms with Crippen LogP contribution in [0.3, 0.4) is 0 Å². The van der Waals surface area contributed by atoms with Crippen LogP contribution in [0.15, 0.2) is 107 Å². The molecule has 44 heavy (non-hydrogen) atoms. The third-order valence-corrected chi connectivity index (χ3v) is 9.50. The van der Waals surface area contributed by atoms with Gasteiger partial charge in [0.05, 0.1) is 10.8 Å². The van der Waals surface area contributed by atoms with Crippen molar-refractivity contribution in [3.8, 4) is 0 Å². The number of hydrazine groups is 1. The number of nitrogens with zero attached hydrogens (tertiary/aromatic N) is 4. The summed E-state index contributed by atoms with van der Waals surface area (Å²) in [7, 11) is 0. The van der Waals surface area contributed by atoms with Gasteiger partial charge in [0.25, 0.3) is 0 Å². The molecule has 206 valence electrons. The zero-order valence-electron chi connectivity index (χ0n) is 22.8. The summed E-state index contributed by atoms with van der Waals surface area (Å²) in [6.45, 7) is 0. The average Bonchev–Trinajstić information content (AvgIpc) is 3.82. The Balaban J connectivity index is 1.21. The summed E-state index contributed by atoms with van der Waals surface area (Å²) in [5.74, 6) is 0.988. The summed E-state index contributed by atoms with van der Waals surface area (Å²) >= 11 is 0. The number of aromatic amines is 1. The molecule has 4 aromatic carbocycles. The van der Waals surface area contributed by atoms with E-state index in [-0.39, 0.29) is 0 Å². The number of pyridine rings is 1. The third-order valence-electron chi connectivity index (χ3n) is 9.50. The number of hydrogen-bond donors (Lipinski definition) is 4. The molecule has 0 bridgehead atoms. The summed E-state index contributed by atoms with van der Waals surface area (Å²) in [5, 5.41) is 17.8. The predicted molar refractivity (Wildman–Crippen MR) is 165 cm³/mol. The second-order valence-corrected chi connectivity index (χ2v) is 11.7. The van der Waals surface area contributed by atoms with Crippen molar-refractivity contribution in [2.24, 2.45) is 0 Å². The van der Waals surface area contributed by atoms with Gasteiger partial charge in [-0.05, 0) is 52.7 Å². The van der Waals surface area contributed by atoms with Crippen molar-refractivity contribution in [2.75, 3.05) is 0 Å². The highest BCUT2D eigenvalue weighted by molar-refractivity contribution is 6.32. The first-order chi connectivity index (χ1) is 21.8. The van der Waals surface area contributed by atoms with E-state index in [2.05, 4.69) is 64.7 Å². The SMILES string of the molecule is C1=CN2N[NH+]3C=CC(c4ccc5c(c4)c4ncn6[nH][n+]7cccc8oc9ccc5c(c9c87)c46)=c4oc5cccc(c5c43)=C2N1. The standard InChI is InChI=1S/C34H19N8O2/c1-3-21-26-23(4-1)44-33-18(10-13-40(32(26)33)37-41-14-11-35-34(21)41)17-6-7-19-20-8-9-24-28-27(20)31-29(22(19)15-17)36-16-42(31)38-39-12-2-5-25(43-24)30(28)39/h1-16,35,37-38H/q+1/p+1. The second kappa shape index (κ2) is 7.09. The Labute approximate surface area is 245 Å². The van der Waals surface area contributed by atoms with Gasteiger partial charge in [0.1, 0.15) is 34.9 Å². The number of allylic oxidation sites excluding steroid dienone is 1. The molecular formula is C34H20N8O2+2. The molecule has 3 aliphatic heterocycles. The number of benzene rings is 4. The normalized spacial score (nSPS) is 17.5. The lowest BCUT2D eigenvalue weighted by Gasteiger charge is -2.22. The predicted octanol–water partition coefficient (Wildman–Crippen LogP) is 2.91. The summed E-state index contributed by atoms with van der Waals surface area (Å²) in [4.78, 5) is 4.97. The minimum atomic E-state index is 0.843. The van der Waals surface area contributed by atoms with Crippen molar-refractivity contribution in [3.05, 3.63) is 114 Å². The van der Waals surface area contributed by atoms with E-state index in [0.717, 1.165) is 104 Å². The minimum Gasteiger partial charge on any atom is -0.452 e. The van der Waals surface area contributed by atoms with Crippen molar-refractivity contribution >= 4 is 82.7 Å².